The van der Waals surface area contributed by atoms with Crippen LogP contribution in [0.5, 0.6) is 0 Å². The van der Waals surface area contributed by atoms with Crippen molar-refractivity contribution in [1.29, 1.82) is 0 Å². The number of hydrogen-bond acceptors (Lipinski definition) is 3. The van der Waals surface area contributed by atoms with Crippen LogP contribution in [0.3, 0.4) is 0 Å². The van der Waals surface area contributed by atoms with E-state index in [1.165, 1.54) is 0 Å². The number of nitrogens with one attached hydrogen (secondary N) is 2. The molecule has 23 heavy (non-hydrogen) atoms. The number of aryl methyl sites for hydroxylation is 2. The molecule has 3 rings (SSSR count). The Morgan fingerprint density at radius 2 is 2.00 bits per heavy atom. The van der Waals surface area contributed by atoms with Crippen molar-refractivity contribution < 1.29 is 4.79 Å². The van der Waals surface area contributed by atoms with E-state index in [2.05, 4.69) is 15.3 Å². The van der Waals surface area contributed by atoms with Crippen LogP contribution >= 0.6 is 0 Å². The summed E-state index contributed by atoms with van der Waals surface area (Å²) in [5.74, 6) is -0.0592. The molecule has 0 unspecified atom stereocenters. The summed E-state index contributed by atoms with van der Waals surface area (Å²) >= 11 is 0. The first kappa shape index (κ1) is 15.2. The summed E-state index contributed by atoms with van der Waals surface area (Å²) in [6, 6.07) is 5.95. The lowest BCUT2D eigenvalue weighted by molar-refractivity contribution is -0.118. The third kappa shape index (κ3) is 2.82. The number of aromatic amines is 1. The summed E-state index contributed by atoms with van der Waals surface area (Å²) in [5, 5.41) is 4.00. The van der Waals surface area contributed by atoms with Gasteiger partial charge in [-0.15, -0.1) is 0 Å². The number of nitrogens with zero attached hydrogens (tertiary/aromatic N) is 2. The number of hydrogen-bond donors (Lipinski definition) is 2. The lowest BCUT2D eigenvalue weighted by Crippen LogP contribution is -2.18. The molecule has 5 heteroatoms. The average Bonchev–Trinajstić information content (AvgIpc) is 3.04. The predicted molar refractivity (Wildman–Crippen MR) is 92.3 cm³/mol. The fourth-order valence-corrected chi connectivity index (χ4v) is 2.58. The van der Waals surface area contributed by atoms with Gasteiger partial charge in [0.15, 0.2) is 0 Å². The zero-order valence-electron chi connectivity index (χ0n) is 13.8. The molecule has 118 valence electrons. The van der Waals surface area contributed by atoms with Crippen LogP contribution in [0.1, 0.15) is 25.0 Å². The lowest BCUT2D eigenvalue weighted by Gasteiger charge is -2.14. The lowest BCUT2D eigenvalue weighted by atomic mass is 10.0. The molecule has 2 aromatic heterocycles. The zero-order chi connectivity index (χ0) is 16.6. The molecule has 0 spiro atoms. The van der Waals surface area contributed by atoms with Gasteiger partial charge in [-0.05, 0) is 37.1 Å². The van der Waals surface area contributed by atoms with Crippen LogP contribution in [0.15, 0.2) is 30.7 Å². The van der Waals surface area contributed by atoms with Crippen molar-refractivity contribution in [1.82, 2.24) is 15.0 Å². The molecule has 0 aliphatic heterocycles. The van der Waals surface area contributed by atoms with Crippen molar-refractivity contribution in [3.63, 3.8) is 0 Å². The number of pyridine rings is 1. The standard InChI is InChI=1S/C18H20N4O/c1-10(2)18(23)22-13-6-5-11(3)17-16(13)12(4)7-14(21-17)15-8-19-9-20-15/h5-10H,1-4H3,(H,19,20)(H,22,23). The number of carbonyl (C=O) groups is 1. The van der Waals surface area contributed by atoms with Crippen LogP contribution in [-0.2, 0) is 4.79 Å². The van der Waals surface area contributed by atoms with Crippen molar-refractivity contribution >= 4 is 22.5 Å². The third-order valence-corrected chi connectivity index (χ3v) is 3.92. The summed E-state index contributed by atoms with van der Waals surface area (Å²) < 4.78 is 0. The van der Waals surface area contributed by atoms with Crippen molar-refractivity contribution in [2.24, 2.45) is 5.92 Å². The van der Waals surface area contributed by atoms with Crippen molar-refractivity contribution in [2.45, 2.75) is 27.7 Å². The number of rotatable bonds is 3. The van der Waals surface area contributed by atoms with Crippen LogP contribution in [-0.4, -0.2) is 20.9 Å². The Balaban J connectivity index is 2.18. The highest BCUT2D eigenvalue weighted by molar-refractivity contribution is 6.04. The van der Waals surface area contributed by atoms with Crippen molar-refractivity contribution in [3.05, 3.63) is 41.9 Å². The SMILES string of the molecule is Cc1ccc(NC(=O)C(C)C)c2c(C)cc(-c3cnc[nH]3)nc12. The van der Waals surface area contributed by atoms with Gasteiger partial charge in [0.1, 0.15) is 0 Å². The van der Waals surface area contributed by atoms with Crippen molar-refractivity contribution in [3.8, 4) is 11.4 Å². The summed E-state index contributed by atoms with van der Waals surface area (Å²) in [4.78, 5) is 24.0. The van der Waals surface area contributed by atoms with E-state index in [0.717, 1.165) is 39.1 Å². The first-order chi connectivity index (χ1) is 11.0. The van der Waals surface area contributed by atoms with Crippen LogP contribution in [0.4, 0.5) is 5.69 Å². The molecule has 0 aliphatic rings. The molecule has 5 nitrogen and oxygen atoms in total. The Hall–Kier alpha value is -2.69. The van der Waals surface area contributed by atoms with E-state index < -0.39 is 0 Å². The molecule has 0 aliphatic carbocycles. The predicted octanol–water partition coefficient (Wildman–Crippen LogP) is 3.84. The zero-order valence-corrected chi connectivity index (χ0v) is 13.8. The molecular formula is C18H20N4O. The summed E-state index contributed by atoms with van der Waals surface area (Å²) in [5.41, 5.74) is 5.59. The Kier molecular flexibility index (Phi) is 3.86. The van der Waals surface area contributed by atoms with Gasteiger partial charge in [-0.2, -0.15) is 0 Å². The number of imidazole rings is 1. The quantitative estimate of drug-likeness (QED) is 0.772. The van der Waals surface area contributed by atoms with Crippen molar-refractivity contribution in [2.75, 3.05) is 5.32 Å². The Morgan fingerprint density at radius 3 is 2.65 bits per heavy atom. The van der Waals surface area contributed by atoms with E-state index in [4.69, 9.17) is 4.98 Å². The maximum absolute atomic E-state index is 12.1. The second-order valence-electron chi connectivity index (χ2n) is 6.09. The summed E-state index contributed by atoms with van der Waals surface area (Å²) in [7, 11) is 0. The number of anilines is 1. The molecule has 0 saturated heterocycles. The van der Waals surface area contributed by atoms with E-state index in [0.29, 0.717) is 0 Å². The number of H-pyrrole nitrogens is 1. The fraction of sp³-hybridized carbons (Fsp3) is 0.278. The molecule has 1 amide bonds. The number of carbonyl (C=O) groups excluding carboxylic acids is 1. The maximum atomic E-state index is 12.1. The molecule has 0 fully saturated rings. The topological polar surface area (TPSA) is 70.7 Å². The highest BCUT2D eigenvalue weighted by Crippen LogP contribution is 2.31. The molecule has 2 N–H and O–H groups in total. The molecular weight excluding hydrogens is 288 g/mol. The normalized spacial score (nSPS) is 11.2. The first-order valence-corrected chi connectivity index (χ1v) is 7.68. The molecule has 3 aromatic rings. The second-order valence-corrected chi connectivity index (χ2v) is 6.09. The van der Waals surface area contributed by atoms with Gasteiger partial charge in [0.05, 0.1) is 35.1 Å². The van der Waals surface area contributed by atoms with E-state index in [1.54, 1.807) is 12.5 Å². The van der Waals surface area contributed by atoms with E-state index >= 15 is 0 Å². The van der Waals surface area contributed by atoms with E-state index in [1.807, 2.05) is 45.9 Å². The molecule has 2 heterocycles. The molecule has 0 radical (unpaired) electrons. The molecule has 1 aromatic carbocycles. The third-order valence-electron chi connectivity index (χ3n) is 3.92. The van der Waals surface area contributed by atoms with Gasteiger partial charge in [-0.1, -0.05) is 19.9 Å². The largest absolute Gasteiger partial charge is 0.343 e. The van der Waals surface area contributed by atoms with Crippen LogP contribution in [0.25, 0.3) is 22.3 Å². The second kappa shape index (κ2) is 5.83. The Morgan fingerprint density at radius 1 is 1.22 bits per heavy atom. The van der Waals surface area contributed by atoms with Gasteiger partial charge in [0.25, 0.3) is 0 Å². The number of aromatic nitrogens is 3. The minimum absolute atomic E-state index is 0.00666. The van der Waals surface area contributed by atoms with Gasteiger partial charge in [-0.3, -0.25) is 4.79 Å². The van der Waals surface area contributed by atoms with Gasteiger partial charge >= 0.3 is 0 Å². The molecule has 0 saturated carbocycles. The fourth-order valence-electron chi connectivity index (χ4n) is 2.58. The minimum Gasteiger partial charge on any atom is -0.343 e. The Labute approximate surface area is 135 Å². The summed E-state index contributed by atoms with van der Waals surface area (Å²) in [6.45, 7) is 7.83. The molecule has 0 atom stereocenters. The summed E-state index contributed by atoms with van der Waals surface area (Å²) in [6.07, 6.45) is 3.40. The number of benzene rings is 1. The van der Waals surface area contributed by atoms with E-state index in [9.17, 15) is 4.79 Å². The number of fused-ring (bicyclic) bond motifs is 1. The first-order valence-electron chi connectivity index (χ1n) is 7.68. The van der Waals surface area contributed by atoms with Crippen LogP contribution in [0.2, 0.25) is 0 Å². The smallest absolute Gasteiger partial charge is 0.226 e. The highest BCUT2D eigenvalue weighted by Gasteiger charge is 2.14. The minimum atomic E-state index is -0.0658. The van der Waals surface area contributed by atoms with Gasteiger partial charge < -0.3 is 10.3 Å². The van der Waals surface area contributed by atoms with Gasteiger partial charge in [0.2, 0.25) is 5.91 Å². The van der Waals surface area contributed by atoms with Gasteiger partial charge in [-0.25, -0.2) is 9.97 Å². The molecule has 0 bridgehead atoms. The highest BCUT2D eigenvalue weighted by atomic mass is 16.1. The van der Waals surface area contributed by atoms with Crippen LogP contribution in [0, 0.1) is 19.8 Å². The maximum Gasteiger partial charge on any atom is 0.226 e. The number of amides is 1. The monoisotopic (exact) mass is 308 g/mol. The average molecular weight is 308 g/mol. The van der Waals surface area contributed by atoms with Gasteiger partial charge in [0, 0.05) is 11.3 Å². The Bertz CT molecular complexity index is 866. The van der Waals surface area contributed by atoms with E-state index in [-0.39, 0.29) is 11.8 Å². The van der Waals surface area contributed by atoms with Crippen LogP contribution < -0.4 is 5.32 Å².